The first-order valence-electron chi connectivity index (χ1n) is 8.38. The van der Waals surface area contributed by atoms with Crippen LogP contribution in [0.15, 0.2) is 12.4 Å². The van der Waals surface area contributed by atoms with Crippen molar-refractivity contribution < 1.29 is 14.3 Å². The lowest BCUT2D eigenvalue weighted by atomic mass is 9.97. The number of ether oxygens (including phenoxy) is 1. The highest BCUT2D eigenvalue weighted by molar-refractivity contribution is 5.95. The van der Waals surface area contributed by atoms with E-state index in [9.17, 15) is 9.59 Å². The van der Waals surface area contributed by atoms with Crippen LogP contribution in [0.2, 0.25) is 0 Å². The zero-order chi connectivity index (χ0) is 17.1. The summed E-state index contributed by atoms with van der Waals surface area (Å²) in [6.45, 7) is 2.42. The lowest BCUT2D eigenvalue weighted by Crippen LogP contribution is -2.42. The third kappa shape index (κ3) is 3.51. The van der Waals surface area contributed by atoms with E-state index in [2.05, 4.69) is 10.3 Å². The van der Waals surface area contributed by atoms with Crippen molar-refractivity contribution in [2.45, 2.75) is 31.9 Å². The standard InChI is InChI=1S/C17H24N4O3/c1-20(2)17(23)21-6-5-14-12(11-21)8-18-10-15(14)16(22)19-9-13-4-3-7-24-13/h8,10,13H,3-7,9,11H2,1-2H3,(H,19,22). The molecule has 3 amide bonds. The second-order valence-corrected chi connectivity index (χ2v) is 6.52. The fourth-order valence-corrected chi connectivity index (χ4v) is 3.24. The minimum atomic E-state index is -0.109. The summed E-state index contributed by atoms with van der Waals surface area (Å²) in [5.74, 6) is -0.109. The smallest absolute Gasteiger partial charge is 0.319 e. The van der Waals surface area contributed by atoms with Gasteiger partial charge in [-0.1, -0.05) is 0 Å². The molecule has 1 aromatic heterocycles. The average molecular weight is 332 g/mol. The van der Waals surface area contributed by atoms with E-state index in [4.69, 9.17) is 4.74 Å². The Bertz CT molecular complexity index is 626. The predicted octanol–water partition coefficient (Wildman–Crippen LogP) is 1.03. The van der Waals surface area contributed by atoms with Crippen LogP contribution >= 0.6 is 0 Å². The van der Waals surface area contributed by atoms with E-state index in [0.29, 0.717) is 31.6 Å². The number of amides is 3. The molecule has 7 nitrogen and oxygen atoms in total. The molecule has 0 radical (unpaired) electrons. The number of pyridine rings is 1. The van der Waals surface area contributed by atoms with Crippen LogP contribution in [0.3, 0.4) is 0 Å². The molecule has 3 heterocycles. The van der Waals surface area contributed by atoms with Gasteiger partial charge in [-0.15, -0.1) is 0 Å². The molecule has 130 valence electrons. The monoisotopic (exact) mass is 332 g/mol. The highest BCUT2D eigenvalue weighted by Crippen LogP contribution is 2.22. The normalized spacial score (nSPS) is 19.8. The molecule has 0 bridgehead atoms. The third-order valence-corrected chi connectivity index (χ3v) is 4.55. The summed E-state index contributed by atoms with van der Waals surface area (Å²) in [6, 6.07) is -0.0195. The highest BCUT2D eigenvalue weighted by atomic mass is 16.5. The SMILES string of the molecule is CN(C)C(=O)N1CCc2c(cncc2C(=O)NCC2CCCO2)C1. The summed E-state index contributed by atoms with van der Waals surface area (Å²) in [4.78, 5) is 32.2. The van der Waals surface area contributed by atoms with Gasteiger partial charge in [0.1, 0.15) is 0 Å². The second kappa shape index (κ2) is 7.17. The van der Waals surface area contributed by atoms with Crippen LogP contribution < -0.4 is 5.32 Å². The van der Waals surface area contributed by atoms with Crippen molar-refractivity contribution in [3.05, 3.63) is 29.1 Å². The van der Waals surface area contributed by atoms with Gasteiger partial charge in [0.05, 0.1) is 11.7 Å². The number of hydrogen-bond acceptors (Lipinski definition) is 4. The molecule has 1 aromatic rings. The van der Waals surface area contributed by atoms with Gasteiger partial charge in [0.15, 0.2) is 0 Å². The molecule has 1 saturated heterocycles. The zero-order valence-electron chi connectivity index (χ0n) is 14.2. The van der Waals surface area contributed by atoms with Crippen LogP contribution in [0, 0.1) is 0 Å². The van der Waals surface area contributed by atoms with Crippen LogP contribution in [-0.4, -0.2) is 66.6 Å². The molecule has 0 spiro atoms. The second-order valence-electron chi connectivity index (χ2n) is 6.52. The van der Waals surface area contributed by atoms with Crippen LogP contribution in [-0.2, 0) is 17.7 Å². The lowest BCUT2D eigenvalue weighted by Gasteiger charge is -2.31. The molecule has 2 aliphatic heterocycles. The molecule has 1 unspecified atom stereocenters. The number of nitrogens with zero attached hydrogens (tertiary/aromatic N) is 3. The molecule has 1 atom stereocenters. The summed E-state index contributed by atoms with van der Waals surface area (Å²) >= 11 is 0. The Hall–Kier alpha value is -2.15. The summed E-state index contributed by atoms with van der Waals surface area (Å²) in [6.07, 6.45) is 6.20. The molecule has 3 rings (SSSR count). The van der Waals surface area contributed by atoms with Crippen LogP contribution in [0.25, 0.3) is 0 Å². The Morgan fingerprint density at radius 2 is 2.25 bits per heavy atom. The Kier molecular flexibility index (Phi) is 4.99. The summed E-state index contributed by atoms with van der Waals surface area (Å²) < 4.78 is 5.54. The molecule has 1 fully saturated rings. The quantitative estimate of drug-likeness (QED) is 0.897. The molecule has 0 aromatic carbocycles. The van der Waals surface area contributed by atoms with Gasteiger partial charge in [-0.25, -0.2) is 4.79 Å². The predicted molar refractivity (Wildman–Crippen MR) is 88.7 cm³/mol. The van der Waals surface area contributed by atoms with Crippen molar-refractivity contribution in [3.8, 4) is 0 Å². The molecular weight excluding hydrogens is 308 g/mol. The molecule has 2 aliphatic rings. The van der Waals surface area contributed by atoms with E-state index < -0.39 is 0 Å². The van der Waals surface area contributed by atoms with E-state index in [-0.39, 0.29) is 18.0 Å². The molecule has 24 heavy (non-hydrogen) atoms. The van der Waals surface area contributed by atoms with Crippen molar-refractivity contribution >= 4 is 11.9 Å². The van der Waals surface area contributed by atoms with Crippen LogP contribution in [0.1, 0.15) is 34.3 Å². The number of rotatable bonds is 3. The first-order chi connectivity index (χ1) is 11.6. The topological polar surface area (TPSA) is 74.8 Å². The minimum absolute atomic E-state index is 0.0195. The van der Waals surface area contributed by atoms with Crippen molar-refractivity contribution in [1.82, 2.24) is 20.1 Å². The first kappa shape index (κ1) is 16.7. The van der Waals surface area contributed by atoms with Gasteiger partial charge in [0, 0.05) is 52.7 Å². The van der Waals surface area contributed by atoms with E-state index in [1.807, 2.05) is 0 Å². The number of carbonyl (C=O) groups excluding carboxylic acids is 2. The number of fused-ring (bicyclic) bond motifs is 1. The van der Waals surface area contributed by atoms with Crippen LogP contribution in [0.4, 0.5) is 4.79 Å². The number of hydrogen-bond donors (Lipinski definition) is 1. The maximum Gasteiger partial charge on any atom is 0.319 e. The van der Waals surface area contributed by atoms with Crippen LogP contribution in [0.5, 0.6) is 0 Å². The molecule has 1 N–H and O–H groups in total. The minimum Gasteiger partial charge on any atom is -0.376 e. The van der Waals surface area contributed by atoms with Crippen molar-refractivity contribution in [1.29, 1.82) is 0 Å². The molecular formula is C17H24N4O3. The molecule has 0 saturated carbocycles. The largest absolute Gasteiger partial charge is 0.376 e. The zero-order valence-corrected chi connectivity index (χ0v) is 14.2. The maximum atomic E-state index is 12.5. The number of aromatic nitrogens is 1. The summed E-state index contributed by atoms with van der Waals surface area (Å²) in [7, 11) is 3.48. The van der Waals surface area contributed by atoms with E-state index in [1.54, 1.807) is 36.3 Å². The summed E-state index contributed by atoms with van der Waals surface area (Å²) in [5, 5.41) is 2.95. The Balaban J connectivity index is 1.69. The summed E-state index contributed by atoms with van der Waals surface area (Å²) in [5.41, 5.74) is 2.56. The first-order valence-corrected chi connectivity index (χ1v) is 8.38. The Labute approximate surface area is 142 Å². The maximum absolute atomic E-state index is 12.5. The van der Waals surface area contributed by atoms with E-state index in [0.717, 1.165) is 30.6 Å². The Morgan fingerprint density at radius 3 is 2.96 bits per heavy atom. The average Bonchev–Trinajstić information content (AvgIpc) is 3.11. The third-order valence-electron chi connectivity index (χ3n) is 4.55. The van der Waals surface area contributed by atoms with Crippen molar-refractivity contribution in [3.63, 3.8) is 0 Å². The number of carbonyl (C=O) groups is 2. The van der Waals surface area contributed by atoms with Crippen molar-refractivity contribution in [2.75, 3.05) is 33.8 Å². The van der Waals surface area contributed by atoms with Gasteiger partial charge in [0.2, 0.25) is 0 Å². The van der Waals surface area contributed by atoms with E-state index in [1.165, 1.54) is 0 Å². The molecule has 0 aliphatic carbocycles. The van der Waals surface area contributed by atoms with Gasteiger partial charge in [-0.05, 0) is 30.4 Å². The number of urea groups is 1. The highest BCUT2D eigenvalue weighted by Gasteiger charge is 2.26. The fourth-order valence-electron chi connectivity index (χ4n) is 3.24. The Morgan fingerprint density at radius 1 is 1.42 bits per heavy atom. The van der Waals surface area contributed by atoms with Gasteiger partial charge in [-0.2, -0.15) is 0 Å². The van der Waals surface area contributed by atoms with E-state index >= 15 is 0 Å². The number of nitrogens with one attached hydrogen (secondary N) is 1. The van der Waals surface area contributed by atoms with Gasteiger partial charge in [-0.3, -0.25) is 9.78 Å². The molecule has 7 heteroatoms. The fraction of sp³-hybridized carbons (Fsp3) is 0.588. The lowest BCUT2D eigenvalue weighted by molar-refractivity contribution is 0.0856. The van der Waals surface area contributed by atoms with Crippen molar-refractivity contribution in [2.24, 2.45) is 0 Å². The van der Waals surface area contributed by atoms with Gasteiger partial charge in [0.25, 0.3) is 5.91 Å². The van der Waals surface area contributed by atoms with Gasteiger partial charge < -0.3 is 19.9 Å². The van der Waals surface area contributed by atoms with Gasteiger partial charge >= 0.3 is 6.03 Å².